The predicted molar refractivity (Wildman–Crippen MR) is 90.4 cm³/mol. The summed E-state index contributed by atoms with van der Waals surface area (Å²) >= 11 is 0. The van der Waals surface area contributed by atoms with Gasteiger partial charge in [-0.05, 0) is 36.6 Å². The monoisotopic (exact) mass is 287 g/mol. The van der Waals surface area contributed by atoms with Crippen LogP contribution in [0.15, 0.2) is 24.5 Å². The molecule has 3 nitrogen and oxygen atoms in total. The Hall–Kier alpha value is -1.35. The summed E-state index contributed by atoms with van der Waals surface area (Å²) in [4.78, 5) is 4.58. The molecular formula is C18H29N3. The lowest BCUT2D eigenvalue weighted by atomic mass is 10.2. The van der Waals surface area contributed by atoms with Crippen LogP contribution in [-0.4, -0.2) is 16.1 Å². The van der Waals surface area contributed by atoms with Crippen molar-refractivity contribution in [3.05, 3.63) is 30.1 Å². The lowest BCUT2D eigenvalue weighted by molar-refractivity contribution is 0.551. The smallest absolute Gasteiger partial charge is 0.140 e. The van der Waals surface area contributed by atoms with Crippen molar-refractivity contribution in [1.82, 2.24) is 14.9 Å². The zero-order valence-electron chi connectivity index (χ0n) is 13.7. The van der Waals surface area contributed by atoms with Gasteiger partial charge in [-0.1, -0.05) is 40.0 Å². The number of nitrogens with one attached hydrogen (secondary N) is 1. The summed E-state index contributed by atoms with van der Waals surface area (Å²) in [7, 11) is 0. The van der Waals surface area contributed by atoms with Crippen LogP contribution in [0.5, 0.6) is 0 Å². The van der Waals surface area contributed by atoms with Crippen LogP contribution < -0.4 is 5.32 Å². The highest BCUT2D eigenvalue weighted by Gasteiger charge is 2.08. The first kappa shape index (κ1) is 16.0. The van der Waals surface area contributed by atoms with Crippen LogP contribution in [0.4, 0.5) is 0 Å². The Morgan fingerprint density at radius 1 is 1.24 bits per heavy atom. The van der Waals surface area contributed by atoms with E-state index in [1.807, 2.05) is 12.3 Å². The van der Waals surface area contributed by atoms with Crippen molar-refractivity contribution in [1.29, 1.82) is 0 Å². The molecular weight excluding hydrogens is 258 g/mol. The van der Waals surface area contributed by atoms with E-state index in [-0.39, 0.29) is 0 Å². The minimum atomic E-state index is 0.686. The number of fused-ring (bicyclic) bond motifs is 1. The van der Waals surface area contributed by atoms with Gasteiger partial charge in [0.1, 0.15) is 5.65 Å². The van der Waals surface area contributed by atoms with Crippen molar-refractivity contribution in [2.45, 2.75) is 59.5 Å². The fraction of sp³-hybridized carbons (Fsp3) is 0.611. The minimum Gasteiger partial charge on any atom is -0.332 e. The van der Waals surface area contributed by atoms with Gasteiger partial charge < -0.3 is 9.88 Å². The summed E-state index contributed by atoms with van der Waals surface area (Å²) in [6, 6.07) is 4.23. The van der Waals surface area contributed by atoms with E-state index in [1.54, 1.807) is 0 Å². The van der Waals surface area contributed by atoms with Gasteiger partial charge in [0.05, 0.1) is 0 Å². The average molecular weight is 287 g/mol. The molecule has 0 radical (unpaired) electrons. The predicted octanol–water partition coefficient (Wildman–Crippen LogP) is 4.36. The first-order valence-corrected chi connectivity index (χ1v) is 8.35. The highest BCUT2D eigenvalue weighted by atomic mass is 15.0. The van der Waals surface area contributed by atoms with Crippen molar-refractivity contribution < 1.29 is 0 Å². The van der Waals surface area contributed by atoms with Gasteiger partial charge in [0.15, 0.2) is 0 Å². The third-order valence-electron chi connectivity index (χ3n) is 3.84. The molecule has 2 aromatic heterocycles. The Morgan fingerprint density at radius 2 is 2.10 bits per heavy atom. The molecule has 0 aliphatic heterocycles. The van der Waals surface area contributed by atoms with Crippen LogP contribution >= 0.6 is 0 Å². The molecule has 0 spiro atoms. The topological polar surface area (TPSA) is 29.9 Å². The van der Waals surface area contributed by atoms with E-state index in [1.165, 1.54) is 36.6 Å². The number of rotatable bonds is 9. The van der Waals surface area contributed by atoms with Crippen molar-refractivity contribution in [3.8, 4) is 0 Å². The molecule has 2 rings (SSSR count). The normalized spacial score (nSPS) is 11.6. The van der Waals surface area contributed by atoms with E-state index in [9.17, 15) is 0 Å². The number of pyridine rings is 1. The molecule has 0 saturated carbocycles. The fourth-order valence-corrected chi connectivity index (χ4v) is 2.71. The molecule has 0 aliphatic rings. The Kier molecular flexibility index (Phi) is 6.24. The van der Waals surface area contributed by atoms with E-state index in [0.717, 1.165) is 25.3 Å². The Bertz CT molecular complexity index is 542. The maximum atomic E-state index is 4.58. The molecule has 0 aliphatic carbocycles. The standard InChI is InChI=1S/C18H29N3/c1-4-5-6-7-11-21-14-16(13-19-12-15(2)3)17-9-8-10-20-18(17)21/h8-10,14-15,19H,4-7,11-13H2,1-3H3. The maximum absolute atomic E-state index is 4.58. The van der Waals surface area contributed by atoms with Gasteiger partial charge in [0.2, 0.25) is 0 Å². The highest BCUT2D eigenvalue weighted by Crippen LogP contribution is 2.20. The van der Waals surface area contributed by atoms with Crippen LogP contribution in [0.3, 0.4) is 0 Å². The number of nitrogens with zero attached hydrogens (tertiary/aromatic N) is 2. The van der Waals surface area contributed by atoms with Gasteiger partial charge >= 0.3 is 0 Å². The van der Waals surface area contributed by atoms with E-state index in [4.69, 9.17) is 0 Å². The van der Waals surface area contributed by atoms with Crippen LogP contribution in [0.25, 0.3) is 11.0 Å². The summed E-state index contributed by atoms with van der Waals surface area (Å²) in [5, 5.41) is 4.84. The molecule has 1 N–H and O–H groups in total. The summed E-state index contributed by atoms with van der Waals surface area (Å²) in [6.07, 6.45) is 9.36. The first-order valence-electron chi connectivity index (χ1n) is 8.35. The lowest BCUT2D eigenvalue weighted by Gasteiger charge is -2.06. The highest BCUT2D eigenvalue weighted by molar-refractivity contribution is 5.80. The van der Waals surface area contributed by atoms with Crippen molar-refractivity contribution >= 4 is 11.0 Å². The Balaban J connectivity index is 2.06. The molecule has 116 valence electrons. The van der Waals surface area contributed by atoms with E-state index < -0.39 is 0 Å². The molecule has 3 heteroatoms. The number of hydrogen-bond donors (Lipinski definition) is 1. The van der Waals surface area contributed by atoms with Crippen molar-refractivity contribution in [2.24, 2.45) is 5.92 Å². The molecule has 0 saturated heterocycles. The second kappa shape index (κ2) is 8.18. The summed E-state index contributed by atoms with van der Waals surface area (Å²) < 4.78 is 2.33. The number of unbranched alkanes of at least 4 members (excludes halogenated alkanes) is 3. The molecule has 2 heterocycles. The van der Waals surface area contributed by atoms with Crippen LogP contribution in [0.2, 0.25) is 0 Å². The number of aryl methyl sites for hydroxylation is 1. The average Bonchev–Trinajstić information content (AvgIpc) is 2.82. The Labute approximate surface area is 128 Å². The molecule has 0 amide bonds. The largest absolute Gasteiger partial charge is 0.332 e. The Morgan fingerprint density at radius 3 is 2.86 bits per heavy atom. The zero-order chi connectivity index (χ0) is 15.1. The minimum absolute atomic E-state index is 0.686. The summed E-state index contributed by atoms with van der Waals surface area (Å²) in [5.74, 6) is 0.686. The van der Waals surface area contributed by atoms with Gasteiger partial charge in [-0.2, -0.15) is 0 Å². The van der Waals surface area contributed by atoms with Gasteiger partial charge in [-0.25, -0.2) is 4.98 Å². The van der Waals surface area contributed by atoms with Crippen LogP contribution in [0.1, 0.15) is 52.0 Å². The van der Waals surface area contributed by atoms with E-state index in [2.05, 4.69) is 47.9 Å². The van der Waals surface area contributed by atoms with Crippen LogP contribution in [-0.2, 0) is 13.1 Å². The lowest BCUT2D eigenvalue weighted by Crippen LogP contribution is -2.18. The van der Waals surface area contributed by atoms with E-state index >= 15 is 0 Å². The van der Waals surface area contributed by atoms with Crippen molar-refractivity contribution in [3.63, 3.8) is 0 Å². The quantitative estimate of drug-likeness (QED) is 0.694. The molecule has 0 aromatic carbocycles. The molecule has 0 bridgehead atoms. The third-order valence-corrected chi connectivity index (χ3v) is 3.84. The fourth-order valence-electron chi connectivity index (χ4n) is 2.71. The summed E-state index contributed by atoms with van der Waals surface area (Å²) in [6.45, 7) is 9.81. The zero-order valence-corrected chi connectivity index (χ0v) is 13.7. The van der Waals surface area contributed by atoms with Crippen LogP contribution in [0, 0.1) is 5.92 Å². The van der Waals surface area contributed by atoms with Gasteiger partial charge in [0.25, 0.3) is 0 Å². The van der Waals surface area contributed by atoms with Gasteiger partial charge in [-0.3, -0.25) is 0 Å². The molecule has 21 heavy (non-hydrogen) atoms. The number of hydrogen-bond acceptors (Lipinski definition) is 2. The third kappa shape index (κ3) is 4.57. The van der Waals surface area contributed by atoms with Gasteiger partial charge in [0, 0.05) is 30.9 Å². The molecule has 0 atom stereocenters. The summed E-state index contributed by atoms with van der Waals surface area (Å²) in [5.41, 5.74) is 2.50. The molecule has 0 unspecified atom stereocenters. The van der Waals surface area contributed by atoms with Gasteiger partial charge in [-0.15, -0.1) is 0 Å². The second-order valence-electron chi connectivity index (χ2n) is 6.31. The SMILES string of the molecule is CCCCCCn1cc(CNCC(C)C)c2cccnc21. The molecule has 0 fully saturated rings. The van der Waals surface area contributed by atoms with Crippen molar-refractivity contribution in [2.75, 3.05) is 6.54 Å². The number of aromatic nitrogens is 2. The molecule has 2 aromatic rings. The van der Waals surface area contributed by atoms with E-state index in [0.29, 0.717) is 5.92 Å². The maximum Gasteiger partial charge on any atom is 0.140 e. The second-order valence-corrected chi connectivity index (χ2v) is 6.31. The first-order chi connectivity index (χ1) is 10.2.